The van der Waals surface area contributed by atoms with E-state index < -0.39 is 12.0 Å². The Hall–Kier alpha value is -2.54. The highest BCUT2D eigenvalue weighted by atomic mass is 35.5. The summed E-state index contributed by atoms with van der Waals surface area (Å²) in [5.41, 5.74) is 0.547. The van der Waals surface area contributed by atoms with Crippen LogP contribution in [0.3, 0.4) is 0 Å². The highest BCUT2D eigenvalue weighted by Crippen LogP contribution is 2.33. The van der Waals surface area contributed by atoms with Gasteiger partial charge in [-0.15, -0.1) is 5.10 Å². The van der Waals surface area contributed by atoms with Crippen molar-refractivity contribution in [3.05, 3.63) is 59.4 Å². The smallest absolute Gasteiger partial charge is 0.451 e. The molecule has 0 saturated heterocycles. The molecular weight excluding hydrogens is 343 g/mol. The molecule has 2 aromatic carbocycles. The third-order valence-corrected chi connectivity index (χ3v) is 3.62. The van der Waals surface area contributed by atoms with Crippen LogP contribution in [0.15, 0.2) is 48.5 Å². The average Bonchev–Trinajstić information content (AvgIpc) is 3.01. The molecule has 0 saturated carbocycles. The van der Waals surface area contributed by atoms with Crippen LogP contribution in [-0.2, 0) is 6.18 Å². The van der Waals surface area contributed by atoms with Gasteiger partial charge in [0, 0.05) is 5.56 Å². The first-order chi connectivity index (χ1) is 11.4. The fourth-order valence-electron chi connectivity index (χ4n) is 2.16. The quantitative estimate of drug-likeness (QED) is 0.690. The van der Waals surface area contributed by atoms with Crippen molar-refractivity contribution in [2.75, 3.05) is 7.11 Å². The number of rotatable bonds is 3. The van der Waals surface area contributed by atoms with E-state index in [2.05, 4.69) is 10.1 Å². The molecule has 0 spiro atoms. The first-order valence-electron chi connectivity index (χ1n) is 6.84. The van der Waals surface area contributed by atoms with E-state index >= 15 is 0 Å². The fourth-order valence-corrected chi connectivity index (χ4v) is 2.38. The van der Waals surface area contributed by atoms with E-state index in [0.29, 0.717) is 11.3 Å². The molecule has 0 amide bonds. The maximum Gasteiger partial charge on any atom is 0.451 e. The second kappa shape index (κ2) is 6.16. The highest BCUT2D eigenvalue weighted by Gasteiger charge is 2.38. The Morgan fingerprint density at radius 2 is 1.71 bits per heavy atom. The Bertz CT molecular complexity index is 860. The van der Waals surface area contributed by atoms with Crippen molar-refractivity contribution >= 4 is 11.6 Å². The van der Waals surface area contributed by atoms with Crippen LogP contribution in [0.5, 0.6) is 5.75 Å². The van der Waals surface area contributed by atoms with Gasteiger partial charge in [-0.2, -0.15) is 13.2 Å². The zero-order chi connectivity index (χ0) is 17.3. The summed E-state index contributed by atoms with van der Waals surface area (Å²) in [5, 5.41) is 4.27. The normalized spacial score (nSPS) is 11.5. The van der Waals surface area contributed by atoms with Crippen molar-refractivity contribution in [2.24, 2.45) is 0 Å². The molecule has 0 aliphatic heterocycles. The van der Waals surface area contributed by atoms with Gasteiger partial charge < -0.3 is 4.74 Å². The van der Waals surface area contributed by atoms with E-state index in [1.165, 1.54) is 19.2 Å². The number of ether oxygens (including phenoxy) is 1. The Morgan fingerprint density at radius 3 is 2.29 bits per heavy atom. The van der Waals surface area contributed by atoms with Crippen LogP contribution in [0, 0.1) is 0 Å². The summed E-state index contributed by atoms with van der Waals surface area (Å²) < 4.78 is 45.7. The average molecular weight is 354 g/mol. The lowest BCUT2D eigenvalue weighted by atomic mass is 10.2. The summed E-state index contributed by atoms with van der Waals surface area (Å²) in [5.74, 6) is -0.690. The molecule has 0 aliphatic rings. The molecular formula is C16H11ClF3N3O. The van der Waals surface area contributed by atoms with Gasteiger partial charge in [-0.1, -0.05) is 23.7 Å². The predicted octanol–water partition coefficient (Wildman–Crippen LogP) is 4.62. The molecule has 0 N–H and O–H groups in total. The number of benzene rings is 2. The summed E-state index contributed by atoms with van der Waals surface area (Å²) >= 11 is 6.03. The molecule has 8 heteroatoms. The minimum atomic E-state index is -4.66. The summed E-state index contributed by atoms with van der Waals surface area (Å²) in [7, 11) is 1.47. The molecule has 124 valence electrons. The molecule has 24 heavy (non-hydrogen) atoms. The van der Waals surface area contributed by atoms with Gasteiger partial charge in [-0.25, -0.2) is 9.67 Å². The van der Waals surface area contributed by atoms with Crippen LogP contribution in [0.1, 0.15) is 5.82 Å². The first-order valence-corrected chi connectivity index (χ1v) is 7.21. The van der Waals surface area contributed by atoms with Gasteiger partial charge >= 0.3 is 6.18 Å². The molecule has 0 fully saturated rings. The van der Waals surface area contributed by atoms with Crippen molar-refractivity contribution in [1.82, 2.24) is 14.8 Å². The van der Waals surface area contributed by atoms with E-state index in [1.807, 2.05) is 0 Å². The highest BCUT2D eigenvalue weighted by molar-refractivity contribution is 6.33. The summed E-state index contributed by atoms with van der Waals surface area (Å²) in [4.78, 5) is 3.64. The maximum atomic E-state index is 13.3. The molecule has 3 rings (SSSR count). The molecule has 0 aliphatic carbocycles. The molecule has 1 aromatic heterocycles. The summed E-state index contributed by atoms with van der Waals surface area (Å²) in [6.45, 7) is 0. The van der Waals surface area contributed by atoms with Crippen molar-refractivity contribution in [2.45, 2.75) is 6.18 Å². The largest absolute Gasteiger partial charge is 0.497 e. The lowest BCUT2D eigenvalue weighted by Crippen LogP contribution is -2.14. The molecule has 0 radical (unpaired) electrons. The van der Waals surface area contributed by atoms with Crippen molar-refractivity contribution in [3.8, 4) is 22.8 Å². The van der Waals surface area contributed by atoms with Crippen LogP contribution in [0.25, 0.3) is 17.1 Å². The monoisotopic (exact) mass is 353 g/mol. The number of methoxy groups -OCH3 is 1. The number of aromatic nitrogens is 3. The SMILES string of the molecule is COc1ccc(-n2nc(-c3ccccc3Cl)nc2C(F)(F)F)cc1. The molecule has 3 aromatic rings. The van der Waals surface area contributed by atoms with Gasteiger partial charge in [0.1, 0.15) is 5.75 Å². The molecule has 0 bridgehead atoms. The Morgan fingerprint density at radius 1 is 1.04 bits per heavy atom. The van der Waals surface area contributed by atoms with Gasteiger partial charge in [-0.3, -0.25) is 0 Å². The van der Waals surface area contributed by atoms with E-state index in [4.69, 9.17) is 16.3 Å². The third-order valence-electron chi connectivity index (χ3n) is 3.29. The van der Waals surface area contributed by atoms with Gasteiger partial charge in [0.15, 0.2) is 5.82 Å². The Balaban J connectivity index is 2.15. The maximum absolute atomic E-state index is 13.3. The Kier molecular flexibility index (Phi) is 4.19. The van der Waals surface area contributed by atoms with Crippen LogP contribution < -0.4 is 4.74 Å². The van der Waals surface area contributed by atoms with E-state index in [-0.39, 0.29) is 16.5 Å². The Labute approximate surface area is 140 Å². The van der Waals surface area contributed by atoms with Gasteiger partial charge in [0.2, 0.25) is 5.82 Å². The molecule has 4 nitrogen and oxygen atoms in total. The zero-order valence-corrected chi connectivity index (χ0v) is 13.1. The number of hydrogen-bond donors (Lipinski definition) is 0. The second-order valence-corrected chi connectivity index (χ2v) is 5.25. The summed E-state index contributed by atoms with van der Waals surface area (Å²) in [6, 6.07) is 12.5. The van der Waals surface area contributed by atoms with Gasteiger partial charge in [0.05, 0.1) is 17.8 Å². The number of hydrogen-bond acceptors (Lipinski definition) is 3. The molecule has 0 unspecified atom stereocenters. The van der Waals surface area contributed by atoms with Gasteiger partial charge in [0.25, 0.3) is 0 Å². The van der Waals surface area contributed by atoms with Crippen molar-refractivity contribution < 1.29 is 17.9 Å². The fraction of sp³-hybridized carbons (Fsp3) is 0.125. The zero-order valence-electron chi connectivity index (χ0n) is 12.4. The lowest BCUT2D eigenvalue weighted by Gasteiger charge is -2.08. The lowest BCUT2D eigenvalue weighted by molar-refractivity contribution is -0.146. The molecule has 1 heterocycles. The van der Waals surface area contributed by atoms with E-state index in [9.17, 15) is 13.2 Å². The topological polar surface area (TPSA) is 39.9 Å². The number of nitrogens with zero attached hydrogens (tertiary/aromatic N) is 3. The second-order valence-electron chi connectivity index (χ2n) is 4.85. The van der Waals surface area contributed by atoms with Crippen LogP contribution >= 0.6 is 11.6 Å². The number of alkyl halides is 3. The minimum Gasteiger partial charge on any atom is -0.497 e. The predicted molar refractivity (Wildman–Crippen MR) is 83.4 cm³/mol. The minimum absolute atomic E-state index is 0.0938. The van der Waals surface area contributed by atoms with Crippen molar-refractivity contribution in [1.29, 1.82) is 0 Å². The standard InChI is InChI=1S/C16H11ClF3N3O/c1-24-11-8-6-10(7-9-11)23-15(16(18,19)20)21-14(22-23)12-4-2-3-5-13(12)17/h2-9H,1H3. The van der Waals surface area contributed by atoms with E-state index in [1.54, 1.807) is 36.4 Å². The van der Waals surface area contributed by atoms with E-state index in [0.717, 1.165) is 4.68 Å². The van der Waals surface area contributed by atoms with Crippen LogP contribution in [0.2, 0.25) is 5.02 Å². The van der Waals surface area contributed by atoms with Crippen LogP contribution in [-0.4, -0.2) is 21.9 Å². The van der Waals surface area contributed by atoms with Crippen LogP contribution in [0.4, 0.5) is 13.2 Å². The first kappa shape index (κ1) is 16.3. The molecule has 0 atom stereocenters. The number of halogens is 4. The summed E-state index contributed by atoms with van der Waals surface area (Å²) in [6.07, 6.45) is -4.66. The van der Waals surface area contributed by atoms with Crippen molar-refractivity contribution in [3.63, 3.8) is 0 Å². The third kappa shape index (κ3) is 3.07. The van der Waals surface area contributed by atoms with Gasteiger partial charge in [-0.05, 0) is 36.4 Å².